The molecule has 0 radical (unpaired) electrons. The van der Waals surface area contributed by atoms with Gasteiger partial charge in [0, 0.05) is 36.4 Å². The van der Waals surface area contributed by atoms with Gasteiger partial charge >= 0.3 is 0 Å². The number of rotatable bonds is 25. The largest absolute Gasteiger partial charge is 0.489 e. The van der Waals surface area contributed by atoms with Gasteiger partial charge in [0.2, 0.25) is 0 Å². The first kappa shape index (κ1) is 46.7. The van der Waals surface area contributed by atoms with E-state index in [1.165, 1.54) is 115 Å². The molecule has 2 saturated heterocycles. The van der Waals surface area contributed by atoms with Crippen molar-refractivity contribution in [1.29, 1.82) is 0 Å². The molecule has 0 aliphatic carbocycles. The molecule has 10 heteroatoms. The molecule has 1 atom stereocenters. The summed E-state index contributed by atoms with van der Waals surface area (Å²) in [6.07, 6.45) is 16.5. The number of thiol groups is 2. The van der Waals surface area contributed by atoms with Crippen LogP contribution in [0.15, 0.2) is 24.3 Å². The number of benzene rings is 1. The number of likely N-dealkylation sites (N-methyl/N-ethyl adjacent to an activating group) is 1. The topological polar surface area (TPSA) is 46.6 Å². The van der Waals surface area contributed by atoms with Crippen molar-refractivity contribution in [2.24, 2.45) is 0 Å². The predicted molar refractivity (Wildman–Crippen MR) is 221 cm³/mol. The maximum absolute atomic E-state index is 5.85. The Bertz CT molecular complexity index is 836. The fourth-order valence-electron chi connectivity index (χ4n) is 5.81. The van der Waals surface area contributed by atoms with Crippen LogP contribution in [0.3, 0.4) is 0 Å². The van der Waals surface area contributed by atoms with Gasteiger partial charge in [-0.2, -0.15) is 37.0 Å². The van der Waals surface area contributed by atoms with Gasteiger partial charge in [0.15, 0.2) is 11.5 Å². The Morgan fingerprint density at radius 2 is 1.39 bits per heavy atom. The van der Waals surface area contributed by atoms with E-state index in [0.29, 0.717) is 31.6 Å². The van der Waals surface area contributed by atoms with E-state index in [1.54, 1.807) is 0 Å². The molecule has 49 heavy (non-hydrogen) atoms. The van der Waals surface area contributed by atoms with Crippen LogP contribution >= 0.6 is 37.0 Å². The number of hydrogen-bond donors (Lipinski definition) is 2. The fraction of sp³-hybridized carbons (Fsp3) is 0.846. The molecule has 0 bridgehead atoms. The van der Waals surface area contributed by atoms with Gasteiger partial charge in [0.1, 0.15) is 6.61 Å². The number of ether oxygens (including phenoxy) is 4. The predicted octanol–water partition coefficient (Wildman–Crippen LogP) is 8.33. The third-order valence-corrected chi connectivity index (χ3v) is 10.1. The monoisotopic (exact) mass is 745 g/mol. The highest BCUT2D eigenvalue weighted by molar-refractivity contribution is 7.99. The number of para-hydroxylation sites is 2. The summed E-state index contributed by atoms with van der Waals surface area (Å²) in [6, 6.07) is 8.47. The van der Waals surface area contributed by atoms with Crippen molar-refractivity contribution in [2.45, 2.75) is 96.9 Å². The molecule has 1 aromatic rings. The van der Waals surface area contributed by atoms with Gasteiger partial charge < -0.3 is 23.8 Å². The molecular formula is C39H75N3O4S3. The van der Waals surface area contributed by atoms with Crippen LogP contribution in [-0.2, 0) is 9.47 Å². The van der Waals surface area contributed by atoms with Gasteiger partial charge in [-0.1, -0.05) is 70.9 Å². The van der Waals surface area contributed by atoms with Crippen LogP contribution in [0.1, 0.15) is 90.9 Å². The SMILES string of the molecule is CCCCCCCCSCCN(C)C.CCN1CCCCC1COCCOCCS.SCCOc1ccccc1OCCN1CCCCC1. The maximum Gasteiger partial charge on any atom is 0.161 e. The van der Waals surface area contributed by atoms with Crippen molar-refractivity contribution < 1.29 is 18.9 Å². The molecular weight excluding hydrogens is 671 g/mol. The summed E-state index contributed by atoms with van der Waals surface area (Å²) in [7, 11) is 4.29. The lowest BCUT2D eigenvalue weighted by molar-refractivity contribution is 0.0121. The smallest absolute Gasteiger partial charge is 0.161 e. The first-order valence-corrected chi connectivity index (χ1v) is 21.9. The molecule has 2 fully saturated rings. The molecule has 0 N–H and O–H groups in total. The molecule has 0 spiro atoms. The molecule has 1 aromatic carbocycles. The second-order valence-corrected chi connectivity index (χ2v) is 15.3. The minimum atomic E-state index is 0.607. The van der Waals surface area contributed by atoms with Crippen LogP contribution in [0.5, 0.6) is 11.5 Å². The standard InChI is InChI=1S/C15H23NO2S.C12H25NO2S.C12H27NS/c19-13-12-18-15-7-3-2-6-14(15)17-11-10-16-8-4-1-5-9-16;1-2-13-6-4-3-5-12(13)11-15-8-7-14-9-10-16;1-4-5-6-7-8-9-11-14-12-10-13(2)3/h2-3,6-7,19H,1,4-5,8-13H2;12,16H,2-11H2,1H3;4-12H2,1-3H3. The Labute approximate surface area is 318 Å². The molecule has 2 aliphatic heterocycles. The van der Waals surface area contributed by atoms with Crippen molar-refractivity contribution in [1.82, 2.24) is 14.7 Å². The van der Waals surface area contributed by atoms with Gasteiger partial charge in [-0.3, -0.25) is 9.80 Å². The number of nitrogens with zero attached hydrogens (tertiary/aromatic N) is 3. The summed E-state index contributed by atoms with van der Waals surface area (Å²) < 4.78 is 22.4. The third-order valence-electron chi connectivity index (χ3n) is 8.71. The van der Waals surface area contributed by atoms with Crippen molar-refractivity contribution in [3.8, 4) is 11.5 Å². The van der Waals surface area contributed by atoms with Crippen LogP contribution in [0.4, 0.5) is 0 Å². The van der Waals surface area contributed by atoms with Crippen molar-refractivity contribution in [3.63, 3.8) is 0 Å². The summed E-state index contributed by atoms with van der Waals surface area (Å²) in [6.45, 7) is 15.8. The highest BCUT2D eigenvalue weighted by Crippen LogP contribution is 2.26. The van der Waals surface area contributed by atoms with Gasteiger partial charge in [0.05, 0.1) is 33.0 Å². The van der Waals surface area contributed by atoms with E-state index in [2.05, 4.69) is 79.7 Å². The molecule has 3 rings (SSSR count). The number of hydrogen-bond acceptors (Lipinski definition) is 10. The Balaban J connectivity index is 0.000000373. The second-order valence-electron chi connectivity index (χ2n) is 13.1. The average molecular weight is 746 g/mol. The van der Waals surface area contributed by atoms with Crippen LogP contribution in [0.25, 0.3) is 0 Å². The average Bonchev–Trinajstić information content (AvgIpc) is 3.13. The van der Waals surface area contributed by atoms with E-state index in [-0.39, 0.29) is 0 Å². The lowest BCUT2D eigenvalue weighted by Gasteiger charge is -2.34. The van der Waals surface area contributed by atoms with Crippen molar-refractivity contribution in [2.75, 3.05) is 116 Å². The first-order valence-electron chi connectivity index (χ1n) is 19.5. The number of piperidine rings is 2. The van der Waals surface area contributed by atoms with Crippen LogP contribution in [0, 0.1) is 0 Å². The lowest BCUT2D eigenvalue weighted by atomic mass is 10.0. The fourth-order valence-corrected chi connectivity index (χ4v) is 7.14. The zero-order valence-electron chi connectivity index (χ0n) is 32.0. The summed E-state index contributed by atoms with van der Waals surface area (Å²) in [5.74, 6) is 5.80. The molecule has 0 aromatic heterocycles. The van der Waals surface area contributed by atoms with Gasteiger partial charge in [-0.15, -0.1) is 0 Å². The summed E-state index contributed by atoms with van der Waals surface area (Å²) in [4.78, 5) is 7.26. The molecule has 2 aliphatic rings. The van der Waals surface area contributed by atoms with Crippen molar-refractivity contribution >= 4 is 37.0 Å². The Morgan fingerprint density at radius 3 is 2.06 bits per heavy atom. The van der Waals surface area contributed by atoms with E-state index < -0.39 is 0 Å². The van der Waals surface area contributed by atoms with Crippen molar-refractivity contribution in [3.05, 3.63) is 24.3 Å². The zero-order chi connectivity index (χ0) is 35.6. The van der Waals surface area contributed by atoms with E-state index >= 15 is 0 Å². The zero-order valence-corrected chi connectivity index (χ0v) is 34.6. The van der Waals surface area contributed by atoms with E-state index in [4.69, 9.17) is 18.9 Å². The molecule has 288 valence electrons. The Hall–Kier alpha value is -0.330. The molecule has 1 unspecified atom stereocenters. The second kappa shape index (κ2) is 34.7. The van der Waals surface area contributed by atoms with Crippen LogP contribution < -0.4 is 9.47 Å². The van der Waals surface area contributed by atoms with Gasteiger partial charge in [-0.05, 0) is 90.3 Å². The first-order chi connectivity index (χ1) is 24.0. The van der Waals surface area contributed by atoms with Gasteiger partial charge in [0.25, 0.3) is 0 Å². The maximum atomic E-state index is 5.85. The quantitative estimate of drug-likeness (QED) is 0.0766. The Morgan fingerprint density at radius 1 is 0.735 bits per heavy atom. The van der Waals surface area contributed by atoms with E-state index in [0.717, 1.165) is 50.2 Å². The number of thioether (sulfide) groups is 1. The number of likely N-dealkylation sites (tertiary alicyclic amines) is 2. The third kappa shape index (κ3) is 27.0. The minimum absolute atomic E-state index is 0.607. The lowest BCUT2D eigenvalue weighted by Crippen LogP contribution is -2.42. The van der Waals surface area contributed by atoms with Crippen LogP contribution in [-0.4, -0.2) is 137 Å². The summed E-state index contributed by atoms with van der Waals surface area (Å²) in [5, 5.41) is 0. The highest BCUT2D eigenvalue weighted by Gasteiger charge is 2.20. The minimum Gasteiger partial charge on any atom is -0.489 e. The molecule has 0 saturated carbocycles. The van der Waals surface area contributed by atoms with E-state index in [9.17, 15) is 0 Å². The van der Waals surface area contributed by atoms with Gasteiger partial charge in [-0.25, -0.2) is 0 Å². The Kier molecular flexibility index (Phi) is 33.1. The number of unbranched alkanes of at least 4 members (excludes halogenated alkanes) is 5. The summed E-state index contributed by atoms with van der Waals surface area (Å²) >= 11 is 10.3. The molecule has 2 heterocycles. The van der Waals surface area contributed by atoms with Crippen LogP contribution in [0.2, 0.25) is 0 Å². The molecule has 7 nitrogen and oxygen atoms in total. The summed E-state index contributed by atoms with van der Waals surface area (Å²) in [5.41, 5.74) is 0. The molecule has 0 amide bonds. The van der Waals surface area contributed by atoms with E-state index in [1.807, 2.05) is 24.3 Å². The highest BCUT2D eigenvalue weighted by atomic mass is 32.2. The normalized spacial score (nSPS) is 16.8.